The Labute approximate surface area is 152 Å². The van der Waals surface area contributed by atoms with Gasteiger partial charge in [-0.1, -0.05) is 23.7 Å². The second kappa shape index (κ2) is 7.17. The van der Waals surface area contributed by atoms with E-state index in [0.717, 1.165) is 23.4 Å². The second-order valence-corrected chi connectivity index (χ2v) is 5.88. The molecule has 0 saturated heterocycles. The van der Waals surface area contributed by atoms with Crippen molar-refractivity contribution < 1.29 is 13.2 Å². The molecule has 134 valence electrons. The van der Waals surface area contributed by atoms with Gasteiger partial charge in [0.1, 0.15) is 0 Å². The lowest BCUT2D eigenvalue weighted by molar-refractivity contribution is -0.137. The van der Waals surface area contributed by atoms with Gasteiger partial charge in [-0.25, -0.2) is 0 Å². The van der Waals surface area contributed by atoms with Crippen molar-refractivity contribution in [3.8, 4) is 0 Å². The van der Waals surface area contributed by atoms with E-state index in [4.69, 9.17) is 11.6 Å². The smallest absolute Gasteiger partial charge is 0.338 e. The number of rotatable bonds is 4. The zero-order valence-corrected chi connectivity index (χ0v) is 14.2. The molecule has 0 unspecified atom stereocenters. The minimum absolute atomic E-state index is 0.0727. The highest BCUT2D eigenvalue weighted by atomic mass is 35.5. The zero-order valence-electron chi connectivity index (χ0n) is 13.5. The van der Waals surface area contributed by atoms with Crippen LogP contribution in [0.2, 0.25) is 5.02 Å². The Morgan fingerprint density at radius 1 is 1.04 bits per heavy atom. The van der Waals surface area contributed by atoms with Crippen molar-refractivity contribution in [3.05, 3.63) is 64.8 Å². The summed E-state index contributed by atoms with van der Waals surface area (Å²) >= 11 is 5.97. The summed E-state index contributed by atoms with van der Waals surface area (Å²) in [6, 6.07) is 10.5. The lowest BCUT2D eigenvalue weighted by Gasteiger charge is -2.12. The first-order valence-corrected chi connectivity index (χ1v) is 7.86. The Kier molecular flexibility index (Phi) is 4.94. The van der Waals surface area contributed by atoms with Crippen LogP contribution in [0.15, 0.2) is 48.7 Å². The molecule has 3 aromatic rings. The fourth-order valence-electron chi connectivity index (χ4n) is 2.20. The quantitative estimate of drug-likeness (QED) is 0.640. The lowest BCUT2D eigenvalue weighted by Crippen LogP contribution is -2.06. The lowest BCUT2D eigenvalue weighted by atomic mass is 10.2. The number of hydrogen-bond acceptors (Lipinski definition) is 5. The van der Waals surface area contributed by atoms with E-state index in [1.807, 2.05) is 31.2 Å². The van der Waals surface area contributed by atoms with Gasteiger partial charge < -0.3 is 10.6 Å². The predicted molar refractivity (Wildman–Crippen MR) is 94.0 cm³/mol. The third-order valence-corrected chi connectivity index (χ3v) is 3.72. The minimum Gasteiger partial charge on any atom is -0.338 e. The number of nitrogens with one attached hydrogen (secondary N) is 2. The van der Waals surface area contributed by atoms with E-state index >= 15 is 0 Å². The van der Waals surface area contributed by atoms with Gasteiger partial charge in [-0.15, -0.1) is 5.10 Å². The summed E-state index contributed by atoms with van der Waals surface area (Å²) in [5, 5.41) is 13.5. The van der Waals surface area contributed by atoms with Crippen molar-refractivity contribution in [1.29, 1.82) is 0 Å². The summed E-state index contributed by atoms with van der Waals surface area (Å²) in [7, 11) is 0. The molecular weight excluding hydrogens is 367 g/mol. The maximum Gasteiger partial charge on any atom is 0.416 e. The Balaban J connectivity index is 1.83. The Morgan fingerprint density at radius 3 is 2.58 bits per heavy atom. The molecule has 0 radical (unpaired) electrons. The first kappa shape index (κ1) is 17.9. The number of nitrogens with zero attached hydrogens (tertiary/aromatic N) is 3. The molecule has 2 N–H and O–H groups in total. The monoisotopic (exact) mass is 379 g/mol. The fraction of sp³-hybridized carbons (Fsp3) is 0.118. The minimum atomic E-state index is -4.47. The normalized spacial score (nSPS) is 11.3. The van der Waals surface area contributed by atoms with Gasteiger partial charge in [-0.05, 0) is 42.8 Å². The van der Waals surface area contributed by atoms with Crippen molar-refractivity contribution in [2.75, 3.05) is 10.6 Å². The molecule has 9 heteroatoms. The van der Waals surface area contributed by atoms with E-state index < -0.39 is 11.7 Å². The largest absolute Gasteiger partial charge is 0.416 e. The van der Waals surface area contributed by atoms with Gasteiger partial charge in [0, 0.05) is 5.69 Å². The molecule has 0 saturated carbocycles. The molecule has 0 amide bonds. The molecule has 0 atom stereocenters. The van der Waals surface area contributed by atoms with Gasteiger partial charge in [-0.2, -0.15) is 23.3 Å². The first-order chi connectivity index (χ1) is 12.3. The predicted octanol–water partition coefficient (Wildman–Crippen LogP) is 5.34. The first-order valence-electron chi connectivity index (χ1n) is 7.48. The Morgan fingerprint density at radius 2 is 1.85 bits per heavy atom. The number of alkyl halides is 3. The summed E-state index contributed by atoms with van der Waals surface area (Å²) in [4.78, 5) is 4.19. The maximum absolute atomic E-state index is 12.9. The van der Waals surface area contributed by atoms with Gasteiger partial charge in [0.15, 0.2) is 5.82 Å². The SMILES string of the molecule is Cc1cccc(Nc2nncc(Nc3cc(C(F)(F)F)ccc3Cl)n2)c1. The topological polar surface area (TPSA) is 62.7 Å². The number of halogens is 4. The van der Waals surface area contributed by atoms with Crippen LogP contribution in [0.1, 0.15) is 11.1 Å². The highest BCUT2D eigenvalue weighted by Crippen LogP contribution is 2.34. The van der Waals surface area contributed by atoms with E-state index in [9.17, 15) is 13.2 Å². The van der Waals surface area contributed by atoms with Crippen LogP contribution in [-0.4, -0.2) is 15.2 Å². The molecule has 2 aromatic carbocycles. The summed E-state index contributed by atoms with van der Waals surface area (Å²) in [6.07, 6.45) is -3.18. The third-order valence-electron chi connectivity index (χ3n) is 3.39. The van der Waals surface area contributed by atoms with Crippen molar-refractivity contribution in [2.45, 2.75) is 13.1 Å². The number of aromatic nitrogens is 3. The van der Waals surface area contributed by atoms with Crippen LogP contribution in [0.5, 0.6) is 0 Å². The number of hydrogen-bond donors (Lipinski definition) is 2. The number of benzene rings is 2. The summed E-state index contributed by atoms with van der Waals surface area (Å²) in [5.74, 6) is 0.403. The molecule has 0 aliphatic rings. The molecular formula is C17H13ClF3N5. The molecule has 5 nitrogen and oxygen atoms in total. The molecule has 0 fully saturated rings. The van der Waals surface area contributed by atoms with Crippen LogP contribution in [0.4, 0.5) is 36.3 Å². The van der Waals surface area contributed by atoms with Gasteiger partial charge in [0.2, 0.25) is 5.95 Å². The van der Waals surface area contributed by atoms with Crippen molar-refractivity contribution in [3.63, 3.8) is 0 Å². The van der Waals surface area contributed by atoms with E-state index in [1.165, 1.54) is 12.3 Å². The maximum atomic E-state index is 12.9. The Bertz CT molecular complexity index is 930. The van der Waals surface area contributed by atoms with Crippen LogP contribution < -0.4 is 10.6 Å². The van der Waals surface area contributed by atoms with E-state index in [1.54, 1.807) is 0 Å². The molecule has 3 rings (SSSR count). The fourth-order valence-corrected chi connectivity index (χ4v) is 2.37. The zero-order chi connectivity index (χ0) is 18.7. The van der Waals surface area contributed by atoms with Gasteiger partial charge in [0.25, 0.3) is 0 Å². The Hall–Kier alpha value is -2.87. The van der Waals surface area contributed by atoms with Gasteiger partial charge >= 0.3 is 6.18 Å². The van der Waals surface area contributed by atoms with E-state index in [0.29, 0.717) is 0 Å². The highest BCUT2D eigenvalue weighted by molar-refractivity contribution is 6.33. The van der Waals surface area contributed by atoms with Crippen LogP contribution >= 0.6 is 11.6 Å². The van der Waals surface area contributed by atoms with Crippen LogP contribution in [0.3, 0.4) is 0 Å². The molecule has 1 aromatic heterocycles. The van der Waals surface area contributed by atoms with Crippen LogP contribution in [0.25, 0.3) is 0 Å². The number of aryl methyl sites for hydroxylation is 1. The molecule has 1 heterocycles. The molecule has 0 bridgehead atoms. The van der Waals surface area contributed by atoms with Gasteiger partial charge in [-0.3, -0.25) is 0 Å². The molecule has 0 aliphatic heterocycles. The molecule has 26 heavy (non-hydrogen) atoms. The summed E-state index contributed by atoms with van der Waals surface area (Å²) < 4.78 is 38.6. The van der Waals surface area contributed by atoms with Crippen LogP contribution in [-0.2, 0) is 6.18 Å². The van der Waals surface area contributed by atoms with E-state index in [-0.39, 0.29) is 22.5 Å². The molecule has 0 spiro atoms. The summed E-state index contributed by atoms with van der Waals surface area (Å²) in [6.45, 7) is 1.94. The molecule has 0 aliphatic carbocycles. The van der Waals surface area contributed by atoms with Crippen LogP contribution in [0, 0.1) is 6.92 Å². The third kappa shape index (κ3) is 4.40. The van der Waals surface area contributed by atoms with E-state index in [2.05, 4.69) is 25.8 Å². The second-order valence-electron chi connectivity index (χ2n) is 5.48. The summed E-state index contributed by atoms with van der Waals surface area (Å²) in [5.41, 5.74) is 1.07. The number of anilines is 4. The van der Waals surface area contributed by atoms with Crippen molar-refractivity contribution >= 4 is 34.7 Å². The van der Waals surface area contributed by atoms with Gasteiger partial charge in [0.05, 0.1) is 22.5 Å². The standard InChI is InChI=1S/C17H13ClF3N5/c1-10-3-2-4-12(7-10)23-16-25-15(9-22-26-16)24-14-8-11(17(19,20)21)5-6-13(14)18/h2-9H,1H3,(H2,23,24,25,26). The highest BCUT2D eigenvalue weighted by Gasteiger charge is 2.31. The average Bonchev–Trinajstić information content (AvgIpc) is 2.56. The average molecular weight is 380 g/mol. The van der Waals surface area contributed by atoms with Crippen molar-refractivity contribution in [1.82, 2.24) is 15.2 Å². The van der Waals surface area contributed by atoms with Crippen molar-refractivity contribution in [2.24, 2.45) is 0 Å².